The average Bonchev–Trinajstić information content (AvgIpc) is 2.83. The third-order valence-corrected chi connectivity index (χ3v) is 5.65. The Bertz CT molecular complexity index is 1270. The van der Waals surface area contributed by atoms with Crippen LogP contribution in [0.3, 0.4) is 0 Å². The second-order valence-corrected chi connectivity index (χ2v) is 8.57. The highest BCUT2D eigenvalue weighted by molar-refractivity contribution is 5.94. The van der Waals surface area contributed by atoms with Gasteiger partial charge in [0.15, 0.2) is 5.69 Å². The topological polar surface area (TPSA) is 91.7 Å². The molecule has 35 heavy (non-hydrogen) atoms. The number of ether oxygens (including phenoxy) is 3. The second kappa shape index (κ2) is 10.3. The largest absolute Gasteiger partial charge is 0.493 e. The normalized spacial score (nSPS) is 14.2. The Balaban J connectivity index is 1.67. The van der Waals surface area contributed by atoms with Crippen molar-refractivity contribution >= 4 is 5.91 Å². The van der Waals surface area contributed by atoms with Crippen molar-refractivity contribution in [2.45, 2.75) is 46.1 Å². The number of nitrogens with one attached hydrogen (secondary N) is 1. The molecule has 1 aliphatic rings. The molecule has 0 fully saturated rings. The van der Waals surface area contributed by atoms with Crippen molar-refractivity contribution in [1.82, 2.24) is 14.9 Å². The standard InChI is InChI=1S/C26H28FN3O5/c1-4-33-20-14-19(27)11-10-18(20)15-28-23(31)21-22(34-16-17-8-6-5-7-9-17)24(32)30-12-13-35-26(2,3)25(30)29-21/h5-11,14H,4,12-13,15-16H2,1-3H3,(H,28,31). The number of carbonyl (C=O) groups excluding carboxylic acids is 1. The minimum atomic E-state index is -0.858. The van der Waals surface area contributed by atoms with Gasteiger partial charge in [-0.2, -0.15) is 0 Å². The summed E-state index contributed by atoms with van der Waals surface area (Å²) >= 11 is 0. The van der Waals surface area contributed by atoms with Crippen LogP contribution in [0.4, 0.5) is 4.39 Å². The summed E-state index contributed by atoms with van der Waals surface area (Å²) in [5.41, 5.74) is 0.00724. The Kier molecular flexibility index (Phi) is 7.16. The van der Waals surface area contributed by atoms with Crippen molar-refractivity contribution in [3.05, 3.63) is 87.3 Å². The van der Waals surface area contributed by atoms with Gasteiger partial charge in [-0.3, -0.25) is 14.2 Å². The first-order valence-corrected chi connectivity index (χ1v) is 11.5. The molecule has 1 N–H and O–H groups in total. The Morgan fingerprint density at radius 1 is 1.20 bits per heavy atom. The number of aromatic nitrogens is 2. The summed E-state index contributed by atoms with van der Waals surface area (Å²) in [6.07, 6.45) is 0. The summed E-state index contributed by atoms with van der Waals surface area (Å²) in [6, 6.07) is 13.4. The fourth-order valence-corrected chi connectivity index (χ4v) is 3.90. The van der Waals surface area contributed by atoms with Crippen LogP contribution in [-0.4, -0.2) is 28.7 Å². The van der Waals surface area contributed by atoms with Crippen molar-refractivity contribution < 1.29 is 23.4 Å². The van der Waals surface area contributed by atoms with Gasteiger partial charge in [-0.25, -0.2) is 9.37 Å². The van der Waals surface area contributed by atoms with E-state index < -0.39 is 22.9 Å². The lowest BCUT2D eigenvalue weighted by Gasteiger charge is -2.32. The van der Waals surface area contributed by atoms with Crippen LogP contribution in [0.1, 0.15) is 48.2 Å². The van der Waals surface area contributed by atoms with E-state index >= 15 is 0 Å². The number of hydrogen-bond acceptors (Lipinski definition) is 6. The van der Waals surface area contributed by atoms with Gasteiger partial charge in [-0.1, -0.05) is 36.4 Å². The monoisotopic (exact) mass is 481 g/mol. The van der Waals surface area contributed by atoms with E-state index in [1.54, 1.807) is 26.8 Å². The lowest BCUT2D eigenvalue weighted by Crippen LogP contribution is -2.43. The van der Waals surface area contributed by atoms with Crippen LogP contribution in [0.5, 0.6) is 11.5 Å². The number of hydrogen-bond donors (Lipinski definition) is 1. The van der Waals surface area contributed by atoms with Crippen molar-refractivity contribution in [2.24, 2.45) is 0 Å². The minimum absolute atomic E-state index is 0.0482. The van der Waals surface area contributed by atoms with E-state index in [0.29, 0.717) is 36.9 Å². The molecule has 1 amide bonds. The van der Waals surface area contributed by atoms with Crippen LogP contribution >= 0.6 is 0 Å². The highest BCUT2D eigenvalue weighted by atomic mass is 19.1. The van der Waals surface area contributed by atoms with E-state index in [2.05, 4.69) is 10.3 Å². The molecule has 9 heteroatoms. The first kappa shape index (κ1) is 24.4. The SMILES string of the molecule is CCOc1cc(F)ccc1CNC(=O)c1nc2n(c(=O)c1OCc1ccccc1)CCOC2(C)C. The molecule has 4 rings (SSSR count). The first-order chi connectivity index (χ1) is 16.8. The molecular formula is C26H28FN3O5. The third kappa shape index (κ3) is 5.35. The minimum Gasteiger partial charge on any atom is -0.493 e. The number of fused-ring (bicyclic) bond motifs is 1. The molecule has 0 spiro atoms. The Hall–Kier alpha value is -3.72. The molecule has 0 saturated heterocycles. The number of carbonyl (C=O) groups is 1. The molecule has 8 nitrogen and oxygen atoms in total. The van der Waals surface area contributed by atoms with Crippen LogP contribution in [0.25, 0.3) is 0 Å². The predicted molar refractivity (Wildman–Crippen MR) is 127 cm³/mol. The highest BCUT2D eigenvalue weighted by Crippen LogP contribution is 2.28. The fraction of sp³-hybridized carbons (Fsp3) is 0.346. The van der Waals surface area contributed by atoms with Gasteiger partial charge in [0.05, 0.1) is 19.8 Å². The van der Waals surface area contributed by atoms with Gasteiger partial charge in [0, 0.05) is 18.2 Å². The van der Waals surface area contributed by atoms with Crippen LogP contribution < -0.4 is 20.3 Å². The lowest BCUT2D eigenvalue weighted by atomic mass is 10.1. The van der Waals surface area contributed by atoms with Gasteiger partial charge in [0.1, 0.15) is 29.6 Å². The van der Waals surface area contributed by atoms with E-state index in [0.717, 1.165) is 5.56 Å². The van der Waals surface area contributed by atoms with Crippen molar-refractivity contribution in [3.8, 4) is 11.5 Å². The molecule has 1 aromatic heterocycles. The zero-order valence-corrected chi connectivity index (χ0v) is 20.0. The highest BCUT2D eigenvalue weighted by Gasteiger charge is 2.35. The van der Waals surface area contributed by atoms with Gasteiger partial charge in [0.25, 0.3) is 11.5 Å². The maximum absolute atomic E-state index is 13.6. The van der Waals surface area contributed by atoms with Crippen LogP contribution in [0, 0.1) is 5.82 Å². The summed E-state index contributed by atoms with van der Waals surface area (Å²) in [6.45, 7) is 6.53. The van der Waals surface area contributed by atoms with E-state index in [1.165, 1.54) is 16.7 Å². The molecule has 0 atom stereocenters. The lowest BCUT2D eigenvalue weighted by molar-refractivity contribution is -0.0567. The summed E-state index contributed by atoms with van der Waals surface area (Å²) in [5, 5.41) is 2.76. The zero-order valence-electron chi connectivity index (χ0n) is 20.0. The fourth-order valence-electron chi connectivity index (χ4n) is 3.90. The van der Waals surface area contributed by atoms with Gasteiger partial charge >= 0.3 is 0 Å². The Morgan fingerprint density at radius 3 is 2.71 bits per heavy atom. The number of rotatable bonds is 8. The van der Waals surface area contributed by atoms with Crippen molar-refractivity contribution in [2.75, 3.05) is 13.2 Å². The van der Waals surface area contributed by atoms with E-state index in [1.807, 2.05) is 30.3 Å². The average molecular weight is 482 g/mol. The molecule has 184 valence electrons. The molecule has 0 saturated carbocycles. The van der Waals surface area contributed by atoms with Gasteiger partial charge in [0.2, 0.25) is 5.75 Å². The molecule has 0 bridgehead atoms. The predicted octanol–water partition coefficient (Wildman–Crippen LogP) is 3.56. The Morgan fingerprint density at radius 2 is 1.97 bits per heavy atom. The zero-order chi connectivity index (χ0) is 25.0. The van der Waals surface area contributed by atoms with Gasteiger partial charge in [-0.15, -0.1) is 0 Å². The smallest absolute Gasteiger partial charge is 0.296 e. The number of benzene rings is 2. The van der Waals surface area contributed by atoms with E-state index in [-0.39, 0.29) is 24.6 Å². The second-order valence-electron chi connectivity index (χ2n) is 8.57. The molecule has 2 heterocycles. The molecule has 2 aromatic carbocycles. The summed E-state index contributed by atoms with van der Waals surface area (Å²) < 4.78 is 32.3. The third-order valence-electron chi connectivity index (χ3n) is 5.65. The van der Waals surface area contributed by atoms with Crippen LogP contribution in [0.15, 0.2) is 53.3 Å². The number of amides is 1. The van der Waals surface area contributed by atoms with E-state index in [4.69, 9.17) is 14.2 Å². The maximum Gasteiger partial charge on any atom is 0.296 e. The maximum atomic E-state index is 13.6. The first-order valence-electron chi connectivity index (χ1n) is 11.5. The summed E-state index contributed by atoms with van der Waals surface area (Å²) in [7, 11) is 0. The molecular weight excluding hydrogens is 453 g/mol. The van der Waals surface area contributed by atoms with Crippen LogP contribution in [0.2, 0.25) is 0 Å². The van der Waals surface area contributed by atoms with Gasteiger partial charge in [-0.05, 0) is 32.4 Å². The number of halogens is 1. The quantitative estimate of drug-likeness (QED) is 0.529. The molecule has 0 unspecified atom stereocenters. The molecule has 0 radical (unpaired) electrons. The molecule has 0 aliphatic carbocycles. The summed E-state index contributed by atoms with van der Waals surface area (Å²) in [4.78, 5) is 31.2. The van der Waals surface area contributed by atoms with Crippen molar-refractivity contribution in [1.29, 1.82) is 0 Å². The van der Waals surface area contributed by atoms with Crippen molar-refractivity contribution in [3.63, 3.8) is 0 Å². The summed E-state index contributed by atoms with van der Waals surface area (Å²) in [5.74, 6) is -0.477. The molecule has 3 aromatic rings. The van der Waals surface area contributed by atoms with E-state index in [9.17, 15) is 14.0 Å². The van der Waals surface area contributed by atoms with Gasteiger partial charge < -0.3 is 19.5 Å². The molecule has 1 aliphatic heterocycles. The van der Waals surface area contributed by atoms with Crippen LogP contribution in [-0.2, 0) is 30.0 Å². The number of nitrogens with zero attached hydrogens (tertiary/aromatic N) is 2. The Labute approximate surface area is 202 Å².